The van der Waals surface area contributed by atoms with Gasteiger partial charge in [-0.25, -0.2) is 4.79 Å². The van der Waals surface area contributed by atoms with E-state index < -0.39 is 0 Å². The van der Waals surface area contributed by atoms with E-state index in [2.05, 4.69) is 54.9 Å². The van der Waals surface area contributed by atoms with Crippen molar-refractivity contribution in [1.82, 2.24) is 4.90 Å². The van der Waals surface area contributed by atoms with Crippen molar-refractivity contribution in [2.45, 2.75) is 65.8 Å². The van der Waals surface area contributed by atoms with Crippen LogP contribution in [0.1, 0.15) is 59.8 Å². The smallest absolute Gasteiger partial charge is 0.409 e. The third-order valence-corrected chi connectivity index (χ3v) is 7.15. The van der Waals surface area contributed by atoms with Crippen molar-refractivity contribution in [2.24, 2.45) is 33.4 Å². The third kappa shape index (κ3) is 6.73. The van der Waals surface area contributed by atoms with Crippen molar-refractivity contribution < 1.29 is 14.3 Å². The highest BCUT2D eigenvalue weighted by atomic mass is 16.6. The van der Waals surface area contributed by atoms with E-state index in [1.54, 1.807) is 6.34 Å². The van der Waals surface area contributed by atoms with Crippen LogP contribution < -0.4 is 9.64 Å². The molecule has 3 aliphatic rings. The second-order valence-corrected chi connectivity index (χ2v) is 11.3. The SMILES string of the molecule is CC1CC=NN=CN1c1ccc(OCCC2CC2C2CCN(C(=O)OCC(C)(C)C)CC2)cc1. The minimum Gasteiger partial charge on any atom is -0.494 e. The van der Waals surface area contributed by atoms with Crippen molar-refractivity contribution >= 4 is 24.3 Å². The molecule has 3 atom stereocenters. The molecule has 1 aromatic carbocycles. The number of rotatable bonds is 7. The van der Waals surface area contributed by atoms with Crippen molar-refractivity contribution in [2.75, 3.05) is 31.2 Å². The Kier molecular flexibility index (Phi) is 7.79. The molecule has 186 valence electrons. The van der Waals surface area contributed by atoms with Gasteiger partial charge in [-0.3, -0.25) is 0 Å². The monoisotopic (exact) mass is 468 g/mol. The van der Waals surface area contributed by atoms with Crippen molar-refractivity contribution in [1.29, 1.82) is 0 Å². The van der Waals surface area contributed by atoms with Crippen molar-refractivity contribution in [3.8, 4) is 5.75 Å². The van der Waals surface area contributed by atoms with Crippen LogP contribution in [0.15, 0.2) is 34.5 Å². The molecular weight excluding hydrogens is 428 g/mol. The van der Waals surface area contributed by atoms with Gasteiger partial charge in [0.25, 0.3) is 0 Å². The molecule has 1 amide bonds. The first-order valence-electron chi connectivity index (χ1n) is 12.8. The Bertz CT molecular complexity index is 869. The summed E-state index contributed by atoms with van der Waals surface area (Å²) >= 11 is 0. The van der Waals surface area contributed by atoms with Gasteiger partial charge in [-0.2, -0.15) is 5.10 Å². The van der Waals surface area contributed by atoms with Gasteiger partial charge in [0.1, 0.15) is 12.1 Å². The maximum absolute atomic E-state index is 12.3. The number of ether oxygens (including phenoxy) is 2. The summed E-state index contributed by atoms with van der Waals surface area (Å²) in [6, 6.07) is 8.59. The van der Waals surface area contributed by atoms with Gasteiger partial charge in [0, 0.05) is 37.5 Å². The van der Waals surface area contributed by atoms with Crippen LogP contribution in [0.4, 0.5) is 10.5 Å². The van der Waals surface area contributed by atoms with E-state index in [4.69, 9.17) is 9.47 Å². The number of anilines is 1. The molecule has 1 saturated carbocycles. The van der Waals surface area contributed by atoms with E-state index in [0.29, 0.717) is 12.6 Å². The molecule has 0 spiro atoms. The zero-order valence-electron chi connectivity index (χ0n) is 21.2. The lowest BCUT2D eigenvalue weighted by Crippen LogP contribution is -2.40. The first kappa shape index (κ1) is 24.6. The maximum Gasteiger partial charge on any atom is 0.409 e. The number of benzene rings is 1. The normalized spacial score (nSPS) is 25.2. The molecule has 1 aliphatic carbocycles. The fourth-order valence-electron chi connectivity index (χ4n) is 4.98. The van der Waals surface area contributed by atoms with Crippen LogP contribution in [0.2, 0.25) is 0 Å². The highest BCUT2D eigenvalue weighted by Crippen LogP contribution is 2.49. The Morgan fingerprint density at radius 3 is 2.56 bits per heavy atom. The van der Waals surface area contributed by atoms with Gasteiger partial charge in [0.2, 0.25) is 0 Å². The Balaban J connectivity index is 1.14. The lowest BCUT2D eigenvalue weighted by Gasteiger charge is -2.32. The summed E-state index contributed by atoms with van der Waals surface area (Å²) in [6.45, 7) is 11.3. The van der Waals surface area contributed by atoms with Crippen LogP contribution in [0, 0.1) is 23.2 Å². The number of nitrogens with zero attached hydrogens (tertiary/aromatic N) is 4. The standard InChI is InChI=1S/C27H40N4O3/c1-20-9-13-28-29-19-31(20)23-5-7-24(8-6-23)33-16-12-22-17-25(22)21-10-14-30(15-11-21)26(32)34-18-27(2,3)4/h5-8,13,19-22,25H,9-12,14-18H2,1-4H3. The molecule has 34 heavy (non-hydrogen) atoms. The van der Waals surface area contributed by atoms with Gasteiger partial charge in [0.05, 0.1) is 13.2 Å². The summed E-state index contributed by atoms with van der Waals surface area (Å²) in [5, 5.41) is 8.07. The minimum atomic E-state index is -0.147. The van der Waals surface area contributed by atoms with Gasteiger partial charge < -0.3 is 19.3 Å². The molecule has 3 unspecified atom stereocenters. The quantitative estimate of drug-likeness (QED) is 0.522. The zero-order chi connectivity index (χ0) is 24.1. The molecule has 0 aromatic heterocycles. The van der Waals surface area contributed by atoms with Crippen molar-refractivity contribution in [3.05, 3.63) is 24.3 Å². The summed E-state index contributed by atoms with van der Waals surface area (Å²) in [4.78, 5) is 16.3. The lowest BCUT2D eigenvalue weighted by molar-refractivity contribution is 0.0602. The van der Waals surface area contributed by atoms with E-state index >= 15 is 0 Å². The molecule has 0 N–H and O–H groups in total. The highest BCUT2D eigenvalue weighted by Gasteiger charge is 2.43. The van der Waals surface area contributed by atoms with Crippen LogP contribution in [-0.4, -0.2) is 55.9 Å². The van der Waals surface area contributed by atoms with E-state index in [1.165, 1.54) is 6.42 Å². The molecule has 1 aromatic rings. The number of amides is 1. The fraction of sp³-hybridized carbons (Fsp3) is 0.667. The largest absolute Gasteiger partial charge is 0.494 e. The number of piperidine rings is 1. The number of carbonyl (C=O) groups is 1. The van der Waals surface area contributed by atoms with Gasteiger partial charge >= 0.3 is 6.09 Å². The minimum absolute atomic E-state index is 0.00882. The Hall–Kier alpha value is -2.57. The van der Waals surface area contributed by atoms with E-state index in [-0.39, 0.29) is 11.5 Å². The molecule has 4 rings (SSSR count). The molecule has 0 radical (unpaired) electrons. The number of hydrogen-bond acceptors (Lipinski definition) is 6. The Morgan fingerprint density at radius 1 is 1.12 bits per heavy atom. The fourth-order valence-corrected chi connectivity index (χ4v) is 4.98. The molecular formula is C27H40N4O3. The first-order valence-corrected chi connectivity index (χ1v) is 12.8. The first-order chi connectivity index (χ1) is 16.3. The van der Waals surface area contributed by atoms with Gasteiger partial charge in [-0.15, -0.1) is 5.10 Å². The number of likely N-dealkylation sites (tertiary alicyclic amines) is 1. The second kappa shape index (κ2) is 10.8. The summed E-state index contributed by atoms with van der Waals surface area (Å²) in [5.41, 5.74) is 1.11. The molecule has 2 aliphatic heterocycles. The molecule has 1 saturated heterocycles. The van der Waals surface area contributed by atoms with E-state index in [9.17, 15) is 4.79 Å². The van der Waals surface area contributed by atoms with E-state index in [0.717, 1.165) is 74.6 Å². The molecule has 2 heterocycles. The summed E-state index contributed by atoms with van der Waals surface area (Å²) < 4.78 is 11.5. The van der Waals surface area contributed by atoms with Crippen LogP contribution in [0.5, 0.6) is 5.75 Å². The second-order valence-electron chi connectivity index (χ2n) is 11.3. The maximum atomic E-state index is 12.3. The van der Waals surface area contributed by atoms with Gasteiger partial charge in [-0.05, 0) is 80.0 Å². The summed E-state index contributed by atoms with van der Waals surface area (Å²) in [7, 11) is 0. The highest BCUT2D eigenvalue weighted by molar-refractivity contribution is 5.82. The van der Waals surface area contributed by atoms with Crippen molar-refractivity contribution in [3.63, 3.8) is 0 Å². The zero-order valence-corrected chi connectivity index (χ0v) is 21.2. The van der Waals surface area contributed by atoms with Gasteiger partial charge in [0.15, 0.2) is 0 Å². The van der Waals surface area contributed by atoms with Crippen LogP contribution in [0.25, 0.3) is 0 Å². The Labute approximate surface area is 204 Å². The van der Waals surface area contributed by atoms with Crippen LogP contribution in [0.3, 0.4) is 0 Å². The lowest BCUT2D eigenvalue weighted by atomic mass is 9.90. The average Bonchev–Trinajstić information content (AvgIpc) is 3.62. The predicted octanol–water partition coefficient (Wildman–Crippen LogP) is 5.60. The van der Waals surface area contributed by atoms with Crippen LogP contribution in [-0.2, 0) is 4.74 Å². The molecule has 0 bridgehead atoms. The Morgan fingerprint density at radius 2 is 1.85 bits per heavy atom. The molecule has 7 nitrogen and oxygen atoms in total. The molecule has 7 heteroatoms. The van der Waals surface area contributed by atoms with Crippen LogP contribution >= 0.6 is 0 Å². The summed E-state index contributed by atoms with van der Waals surface area (Å²) in [5.74, 6) is 3.21. The predicted molar refractivity (Wildman–Crippen MR) is 137 cm³/mol. The topological polar surface area (TPSA) is 66.7 Å². The van der Waals surface area contributed by atoms with E-state index in [1.807, 2.05) is 23.2 Å². The average molecular weight is 469 g/mol. The van der Waals surface area contributed by atoms with Gasteiger partial charge in [-0.1, -0.05) is 20.8 Å². The third-order valence-electron chi connectivity index (χ3n) is 7.15. The summed E-state index contributed by atoms with van der Waals surface area (Å²) in [6.07, 6.45) is 8.97. The molecule has 2 fully saturated rings. The number of hydrogen-bond donors (Lipinski definition) is 0. The number of carbonyl (C=O) groups excluding carboxylic acids is 1.